The highest BCUT2D eigenvalue weighted by Crippen LogP contribution is 2.31. The predicted octanol–water partition coefficient (Wildman–Crippen LogP) is 2.45. The van der Waals surface area contributed by atoms with Crippen molar-refractivity contribution in [2.24, 2.45) is 5.92 Å². The second kappa shape index (κ2) is 5.61. The number of carboxylic acids is 1. The summed E-state index contributed by atoms with van der Waals surface area (Å²) in [4.78, 5) is 11.2. The van der Waals surface area contributed by atoms with Crippen LogP contribution in [0.25, 0.3) is 11.0 Å². The summed E-state index contributed by atoms with van der Waals surface area (Å²) in [5.41, 5.74) is 0.268. The summed E-state index contributed by atoms with van der Waals surface area (Å²) in [6, 6.07) is 4.69. The molecule has 2 unspecified atom stereocenters. The van der Waals surface area contributed by atoms with Gasteiger partial charge in [-0.15, -0.1) is 0 Å². The zero-order valence-corrected chi connectivity index (χ0v) is 13.2. The highest BCUT2D eigenvalue weighted by atomic mass is 32.2. The summed E-state index contributed by atoms with van der Waals surface area (Å²) >= 11 is 0. The number of carboxylic acid groups (broad SMARTS) is 1. The van der Waals surface area contributed by atoms with Gasteiger partial charge in [0.2, 0.25) is 5.09 Å². The molecule has 1 aromatic heterocycles. The molecule has 2 atom stereocenters. The molecule has 1 fully saturated rings. The second-order valence-electron chi connectivity index (χ2n) is 5.78. The zero-order valence-electron chi connectivity index (χ0n) is 12.4. The van der Waals surface area contributed by atoms with E-state index in [0.717, 1.165) is 4.31 Å². The fraction of sp³-hybridized carbons (Fsp3) is 0.400. The smallest absolute Gasteiger partial charge is 0.307 e. The van der Waals surface area contributed by atoms with E-state index in [-0.39, 0.29) is 23.3 Å². The van der Waals surface area contributed by atoms with Crippen LogP contribution in [0.5, 0.6) is 0 Å². The fourth-order valence-corrected chi connectivity index (χ4v) is 4.50. The van der Waals surface area contributed by atoms with Crippen LogP contribution < -0.4 is 0 Å². The Kier molecular flexibility index (Phi) is 3.89. The van der Waals surface area contributed by atoms with Gasteiger partial charge in [-0.05, 0) is 38.0 Å². The number of piperidine rings is 1. The lowest BCUT2D eigenvalue weighted by molar-refractivity contribution is -0.143. The Labute approximate surface area is 132 Å². The first-order valence-electron chi connectivity index (χ1n) is 7.23. The monoisotopic (exact) mass is 341 g/mol. The molecule has 3 rings (SSSR count). The van der Waals surface area contributed by atoms with Crippen LogP contribution in [0.15, 0.2) is 33.8 Å². The fourth-order valence-electron chi connectivity index (χ4n) is 2.84. The van der Waals surface area contributed by atoms with Crippen molar-refractivity contribution in [3.63, 3.8) is 0 Å². The van der Waals surface area contributed by atoms with Gasteiger partial charge in [-0.3, -0.25) is 4.79 Å². The molecule has 2 heterocycles. The van der Waals surface area contributed by atoms with Gasteiger partial charge in [-0.2, -0.15) is 4.31 Å². The quantitative estimate of drug-likeness (QED) is 0.926. The number of sulfonamides is 1. The van der Waals surface area contributed by atoms with E-state index in [4.69, 9.17) is 9.52 Å². The molecular weight excluding hydrogens is 325 g/mol. The highest BCUT2D eigenvalue weighted by Gasteiger charge is 2.39. The first-order chi connectivity index (χ1) is 10.8. The SMILES string of the molecule is CC1CCC(C(=O)O)CN1S(=O)(=O)c1cc2cc(F)ccc2o1. The maximum absolute atomic E-state index is 13.2. The number of aliphatic carboxylic acids is 1. The van der Waals surface area contributed by atoms with E-state index in [1.165, 1.54) is 24.3 Å². The molecule has 0 radical (unpaired) electrons. The number of nitrogens with zero attached hydrogens (tertiary/aromatic N) is 1. The van der Waals surface area contributed by atoms with Crippen LogP contribution >= 0.6 is 0 Å². The summed E-state index contributed by atoms with van der Waals surface area (Å²) in [6.45, 7) is 1.64. The largest absolute Gasteiger partial charge is 0.481 e. The third kappa shape index (κ3) is 2.84. The summed E-state index contributed by atoms with van der Waals surface area (Å²) in [7, 11) is -3.97. The number of furan rings is 1. The molecule has 8 heteroatoms. The van der Waals surface area contributed by atoms with Crippen molar-refractivity contribution in [2.45, 2.75) is 30.9 Å². The third-order valence-electron chi connectivity index (χ3n) is 4.19. The van der Waals surface area contributed by atoms with Gasteiger partial charge in [-0.25, -0.2) is 12.8 Å². The zero-order chi connectivity index (χ0) is 16.8. The van der Waals surface area contributed by atoms with Crippen molar-refractivity contribution in [3.05, 3.63) is 30.1 Å². The predicted molar refractivity (Wildman–Crippen MR) is 79.9 cm³/mol. The minimum absolute atomic E-state index is 0.0930. The number of carbonyl (C=O) groups is 1. The molecule has 6 nitrogen and oxygen atoms in total. The molecule has 0 amide bonds. The number of fused-ring (bicyclic) bond motifs is 1. The lowest BCUT2D eigenvalue weighted by Gasteiger charge is -2.34. The van der Waals surface area contributed by atoms with Crippen molar-refractivity contribution in [2.75, 3.05) is 6.54 Å². The van der Waals surface area contributed by atoms with Crippen molar-refractivity contribution < 1.29 is 27.1 Å². The second-order valence-corrected chi connectivity index (χ2v) is 7.61. The Morgan fingerprint density at radius 3 is 2.78 bits per heavy atom. The van der Waals surface area contributed by atoms with E-state index in [9.17, 15) is 17.6 Å². The van der Waals surface area contributed by atoms with Gasteiger partial charge in [0.25, 0.3) is 10.0 Å². The molecule has 0 aliphatic carbocycles. The lowest BCUT2D eigenvalue weighted by atomic mass is 9.96. The molecule has 1 N–H and O–H groups in total. The van der Waals surface area contributed by atoms with Crippen LogP contribution in [0.3, 0.4) is 0 Å². The van der Waals surface area contributed by atoms with Crippen LogP contribution in [-0.2, 0) is 14.8 Å². The van der Waals surface area contributed by atoms with Crippen LogP contribution in [0.4, 0.5) is 4.39 Å². The topological polar surface area (TPSA) is 87.8 Å². The van der Waals surface area contributed by atoms with E-state index in [1.54, 1.807) is 6.92 Å². The van der Waals surface area contributed by atoms with Gasteiger partial charge >= 0.3 is 5.97 Å². The molecule has 0 bridgehead atoms. The van der Waals surface area contributed by atoms with Crippen LogP contribution in [0.1, 0.15) is 19.8 Å². The highest BCUT2D eigenvalue weighted by molar-refractivity contribution is 7.89. The van der Waals surface area contributed by atoms with E-state index >= 15 is 0 Å². The van der Waals surface area contributed by atoms with Crippen LogP contribution in [0, 0.1) is 11.7 Å². The molecule has 1 aliphatic rings. The average Bonchev–Trinajstić information content (AvgIpc) is 2.91. The van der Waals surface area contributed by atoms with Gasteiger partial charge in [0, 0.05) is 24.0 Å². The van der Waals surface area contributed by atoms with E-state index in [2.05, 4.69) is 0 Å². The van der Waals surface area contributed by atoms with Crippen molar-refractivity contribution in [1.29, 1.82) is 0 Å². The Morgan fingerprint density at radius 1 is 1.35 bits per heavy atom. The molecule has 2 aromatic rings. The van der Waals surface area contributed by atoms with Crippen molar-refractivity contribution in [3.8, 4) is 0 Å². The molecule has 23 heavy (non-hydrogen) atoms. The Morgan fingerprint density at radius 2 is 2.09 bits per heavy atom. The molecule has 1 aliphatic heterocycles. The summed E-state index contributed by atoms with van der Waals surface area (Å²) in [5, 5.41) is 9.19. The van der Waals surface area contributed by atoms with Crippen molar-refractivity contribution in [1.82, 2.24) is 4.31 Å². The van der Waals surface area contributed by atoms with Gasteiger partial charge in [0.1, 0.15) is 11.4 Å². The maximum Gasteiger partial charge on any atom is 0.307 e. The summed E-state index contributed by atoms with van der Waals surface area (Å²) in [6.07, 6.45) is 0.902. The van der Waals surface area contributed by atoms with E-state index in [1.807, 2.05) is 0 Å². The maximum atomic E-state index is 13.2. The Balaban J connectivity index is 1.99. The average molecular weight is 341 g/mol. The minimum atomic E-state index is -3.97. The molecular formula is C15H16FNO5S. The number of benzene rings is 1. The summed E-state index contributed by atoms with van der Waals surface area (Å²) < 4.78 is 45.3. The minimum Gasteiger partial charge on any atom is -0.481 e. The number of hydrogen-bond acceptors (Lipinski definition) is 4. The Bertz CT molecular complexity index is 860. The van der Waals surface area contributed by atoms with Gasteiger partial charge in [-0.1, -0.05) is 0 Å². The first-order valence-corrected chi connectivity index (χ1v) is 8.67. The summed E-state index contributed by atoms with van der Waals surface area (Å²) in [5.74, 6) is -2.23. The molecule has 1 aromatic carbocycles. The normalized spacial score (nSPS) is 23.2. The van der Waals surface area contributed by atoms with Gasteiger partial charge in [0.15, 0.2) is 0 Å². The van der Waals surface area contributed by atoms with Crippen LogP contribution in [-0.4, -0.2) is 36.4 Å². The lowest BCUT2D eigenvalue weighted by Crippen LogP contribution is -2.47. The molecule has 1 saturated heterocycles. The number of rotatable bonds is 3. The first kappa shape index (κ1) is 15.9. The van der Waals surface area contributed by atoms with Crippen molar-refractivity contribution >= 4 is 27.0 Å². The number of hydrogen-bond donors (Lipinski definition) is 1. The van der Waals surface area contributed by atoms with Gasteiger partial charge < -0.3 is 9.52 Å². The molecule has 0 saturated carbocycles. The van der Waals surface area contributed by atoms with E-state index in [0.29, 0.717) is 18.2 Å². The molecule has 124 valence electrons. The van der Waals surface area contributed by atoms with Crippen LogP contribution in [0.2, 0.25) is 0 Å². The molecule has 0 spiro atoms. The third-order valence-corrected chi connectivity index (χ3v) is 6.03. The Hall–Kier alpha value is -1.93. The standard InChI is InChI=1S/C15H16FNO5S/c1-9-2-3-10(15(18)19)8-17(9)23(20,21)14-7-11-6-12(16)4-5-13(11)22-14/h4-7,9-10H,2-3,8H2,1H3,(H,18,19). The number of halogens is 1. The van der Waals surface area contributed by atoms with Gasteiger partial charge in [0.05, 0.1) is 5.92 Å². The van der Waals surface area contributed by atoms with E-state index < -0.39 is 27.7 Å².